The van der Waals surface area contributed by atoms with Gasteiger partial charge in [-0.3, -0.25) is 0 Å². The van der Waals surface area contributed by atoms with Crippen molar-refractivity contribution >= 4 is 69.0 Å². The fourth-order valence-electron chi connectivity index (χ4n) is 0.522. The molecule has 0 amide bonds. The van der Waals surface area contributed by atoms with Crippen molar-refractivity contribution in [2.45, 2.75) is 0 Å². The third-order valence-electron chi connectivity index (χ3n) is 0.941. The number of carboxylic acids is 1. The van der Waals surface area contributed by atoms with Gasteiger partial charge in [-0.25, -0.2) is 9.78 Å². The van der Waals surface area contributed by atoms with Crippen LogP contribution in [0.1, 0.15) is 10.5 Å². The molecule has 1 N–H and O–H groups in total. The van der Waals surface area contributed by atoms with Crippen LogP contribution in [0.25, 0.3) is 0 Å². The van der Waals surface area contributed by atoms with E-state index in [2.05, 4.69) is 4.98 Å². The van der Waals surface area contributed by atoms with Gasteiger partial charge in [0.25, 0.3) is 0 Å². The fourth-order valence-corrected chi connectivity index (χ4v) is 0.681. The van der Waals surface area contributed by atoms with Gasteiger partial charge in [0.1, 0.15) is 5.69 Å². The Labute approximate surface area is 111 Å². The van der Waals surface area contributed by atoms with E-state index in [4.69, 9.17) is 16.7 Å². The molecule has 0 aliphatic carbocycles. The van der Waals surface area contributed by atoms with Crippen LogP contribution in [0.4, 0.5) is 0 Å². The summed E-state index contributed by atoms with van der Waals surface area (Å²) in [5, 5.41) is 8.77. The summed E-state index contributed by atoms with van der Waals surface area (Å²) in [4.78, 5) is 13.8. The zero-order valence-corrected chi connectivity index (χ0v) is 5.67. The predicted molar refractivity (Wildman–Crippen MR) is 43.4 cm³/mol. The van der Waals surface area contributed by atoms with Gasteiger partial charge in [0, 0.05) is 11.2 Å². The van der Waals surface area contributed by atoms with Crippen molar-refractivity contribution in [1.29, 1.82) is 0 Å². The summed E-state index contributed by atoms with van der Waals surface area (Å²) in [6.45, 7) is 0. The molecule has 54 valence electrons. The van der Waals surface area contributed by atoms with Crippen LogP contribution in [0.15, 0.2) is 18.3 Å². The van der Waals surface area contributed by atoms with E-state index < -0.39 is 5.97 Å². The first kappa shape index (κ1) is 11.5. The van der Waals surface area contributed by atoms with Gasteiger partial charge in [0.15, 0.2) is 0 Å². The summed E-state index contributed by atoms with van der Waals surface area (Å²) in [7, 11) is 0. The van der Waals surface area contributed by atoms with Gasteiger partial charge in [-0.1, -0.05) is 11.6 Å². The number of rotatable bonds is 1. The van der Waals surface area contributed by atoms with Gasteiger partial charge in [0.2, 0.25) is 0 Å². The molecule has 0 saturated heterocycles. The van der Waals surface area contributed by atoms with Gasteiger partial charge < -0.3 is 5.11 Å². The maximum atomic E-state index is 10.2. The second-order valence-electron chi connectivity index (χ2n) is 1.66. The molecule has 5 heteroatoms. The van der Waals surface area contributed by atoms with E-state index in [0.717, 1.165) is 0 Å². The first-order valence-electron chi connectivity index (χ1n) is 2.55. The van der Waals surface area contributed by atoms with E-state index in [1.807, 2.05) is 0 Å². The zero-order valence-electron chi connectivity index (χ0n) is 4.91. The summed E-state index contributed by atoms with van der Waals surface area (Å²) in [6, 6.07) is 2.82. The average Bonchev–Trinajstić information content (AvgIpc) is 1.88. The molecule has 0 radical (unpaired) electrons. The maximum absolute atomic E-state index is 10.2. The standard InChI is InChI=1S/C6H4ClNO2.K.H/c7-4-1-2-8-5(3-4)6(9)10;;/h1-3H,(H,9,10);;. The number of nitrogens with zero attached hydrogens (tertiary/aromatic N) is 1. The second kappa shape index (κ2) is 5.24. The number of hydrogen-bond donors (Lipinski definition) is 1. The number of pyridine rings is 1. The van der Waals surface area contributed by atoms with Crippen LogP contribution in [0.5, 0.6) is 0 Å². The van der Waals surface area contributed by atoms with Crippen molar-refractivity contribution in [3.8, 4) is 0 Å². The normalized spacial score (nSPS) is 8.45. The van der Waals surface area contributed by atoms with Gasteiger partial charge in [-0.2, -0.15) is 0 Å². The second-order valence-corrected chi connectivity index (χ2v) is 2.10. The first-order valence-corrected chi connectivity index (χ1v) is 2.93. The van der Waals surface area contributed by atoms with Crippen LogP contribution >= 0.6 is 11.6 Å². The molecule has 0 spiro atoms. The molecular formula is C6H5ClKNO2. The Morgan fingerprint density at radius 1 is 1.64 bits per heavy atom. The molecule has 0 fully saturated rings. The zero-order chi connectivity index (χ0) is 7.56. The molecule has 1 rings (SSSR count). The number of carboxylic acid groups (broad SMARTS) is 1. The molecule has 0 aromatic carbocycles. The van der Waals surface area contributed by atoms with Crippen LogP contribution in [0.2, 0.25) is 5.02 Å². The molecule has 0 saturated carbocycles. The summed E-state index contributed by atoms with van der Waals surface area (Å²) in [6.07, 6.45) is 1.35. The van der Waals surface area contributed by atoms with Crippen molar-refractivity contribution < 1.29 is 9.90 Å². The van der Waals surface area contributed by atoms with Gasteiger partial charge in [-0.05, 0) is 12.1 Å². The van der Waals surface area contributed by atoms with Crippen LogP contribution in [-0.4, -0.2) is 67.4 Å². The van der Waals surface area contributed by atoms with Gasteiger partial charge >= 0.3 is 57.4 Å². The van der Waals surface area contributed by atoms with Crippen molar-refractivity contribution in [1.82, 2.24) is 4.98 Å². The van der Waals surface area contributed by atoms with Crippen LogP contribution in [-0.2, 0) is 0 Å². The first-order chi connectivity index (χ1) is 4.70. The molecular weight excluding hydrogens is 193 g/mol. The summed E-state index contributed by atoms with van der Waals surface area (Å²) in [5.74, 6) is -1.07. The van der Waals surface area contributed by atoms with E-state index in [0.29, 0.717) is 5.02 Å². The Morgan fingerprint density at radius 3 is 2.64 bits per heavy atom. The molecule has 0 aliphatic rings. The number of carbonyl (C=O) groups is 1. The van der Waals surface area contributed by atoms with Crippen LogP contribution < -0.4 is 0 Å². The quantitative estimate of drug-likeness (QED) is 0.678. The van der Waals surface area contributed by atoms with Crippen molar-refractivity contribution in [2.75, 3.05) is 0 Å². The number of halogens is 1. The molecule has 0 atom stereocenters. The number of hydrogen-bond acceptors (Lipinski definition) is 2. The topological polar surface area (TPSA) is 50.2 Å². The van der Waals surface area contributed by atoms with E-state index in [9.17, 15) is 4.79 Å². The fraction of sp³-hybridized carbons (Fsp3) is 0. The molecule has 0 aliphatic heterocycles. The summed E-state index contributed by atoms with van der Waals surface area (Å²) in [5.41, 5.74) is -0.0347. The Kier molecular flexibility index (Phi) is 5.50. The van der Waals surface area contributed by atoms with Crippen molar-refractivity contribution in [2.24, 2.45) is 0 Å². The molecule has 3 nitrogen and oxygen atoms in total. The number of aromatic carboxylic acids is 1. The summed E-state index contributed by atoms with van der Waals surface area (Å²) < 4.78 is 0. The minimum atomic E-state index is -1.07. The summed E-state index contributed by atoms with van der Waals surface area (Å²) >= 11 is 5.49. The molecule has 1 heterocycles. The SMILES string of the molecule is O=C(O)c1cc(Cl)ccn1.[KH]. The molecule has 1 aromatic rings. The Hall–Kier alpha value is 0.546. The third-order valence-corrected chi connectivity index (χ3v) is 1.18. The minimum absolute atomic E-state index is 0. The monoisotopic (exact) mass is 197 g/mol. The Morgan fingerprint density at radius 2 is 2.27 bits per heavy atom. The molecule has 1 aromatic heterocycles. The van der Waals surface area contributed by atoms with Crippen molar-refractivity contribution in [3.05, 3.63) is 29.0 Å². The van der Waals surface area contributed by atoms with Crippen LogP contribution in [0, 0.1) is 0 Å². The van der Waals surface area contributed by atoms with Crippen LogP contribution in [0.3, 0.4) is 0 Å². The van der Waals surface area contributed by atoms with E-state index in [1.165, 1.54) is 18.3 Å². The van der Waals surface area contributed by atoms with Gasteiger partial charge in [0.05, 0.1) is 0 Å². The van der Waals surface area contributed by atoms with E-state index in [-0.39, 0.29) is 57.1 Å². The Bertz CT molecular complexity index is 267. The third kappa shape index (κ3) is 3.64. The molecule has 0 unspecified atom stereocenters. The van der Waals surface area contributed by atoms with E-state index in [1.54, 1.807) is 0 Å². The van der Waals surface area contributed by atoms with Crippen molar-refractivity contribution in [3.63, 3.8) is 0 Å². The Balaban J connectivity index is 0.000001000. The number of aromatic nitrogens is 1. The molecule has 11 heavy (non-hydrogen) atoms. The molecule has 0 bridgehead atoms. The predicted octanol–water partition coefficient (Wildman–Crippen LogP) is 0.785. The van der Waals surface area contributed by atoms with E-state index >= 15 is 0 Å². The van der Waals surface area contributed by atoms with Gasteiger partial charge in [-0.15, -0.1) is 0 Å². The average molecular weight is 198 g/mol.